The molecule has 7 nitrogen and oxygen atoms in total. The minimum atomic E-state index is -0.603. The largest absolute Gasteiger partial charge is 0.333 e. The number of urea groups is 1. The standard InChI is InChI=1S/C18H23BrN4O3S/c1-6-23-15(25)12-9-11(19)7-8-13(12)20-17(23)27-10(2)14(24)21-16(26)22-18(3,4)5/h7-10H,6H2,1-5H3,(H2,21,22,24,26). The number of carbonyl (C=O) groups is 2. The van der Waals surface area contributed by atoms with Gasteiger partial charge in [0.2, 0.25) is 5.91 Å². The van der Waals surface area contributed by atoms with E-state index in [1.165, 1.54) is 4.57 Å². The Kier molecular flexibility index (Phi) is 6.69. The van der Waals surface area contributed by atoms with Crippen LogP contribution in [0.25, 0.3) is 10.9 Å². The highest BCUT2D eigenvalue weighted by molar-refractivity contribution is 9.10. The fraction of sp³-hybridized carbons (Fsp3) is 0.444. The van der Waals surface area contributed by atoms with Crippen LogP contribution in [-0.2, 0) is 11.3 Å². The molecule has 1 unspecified atom stereocenters. The van der Waals surface area contributed by atoms with E-state index in [-0.39, 0.29) is 5.56 Å². The normalized spacial score (nSPS) is 12.7. The maximum absolute atomic E-state index is 12.7. The highest BCUT2D eigenvalue weighted by Crippen LogP contribution is 2.24. The van der Waals surface area contributed by atoms with Gasteiger partial charge in [-0.2, -0.15) is 0 Å². The zero-order valence-corrected chi connectivity index (χ0v) is 18.3. The average Bonchev–Trinajstić information content (AvgIpc) is 2.54. The highest BCUT2D eigenvalue weighted by atomic mass is 79.9. The molecule has 0 aliphatic carbocycles. The van der Waals surface area contributed by atoms with Crippen LogP contribution in [0.15, 0.2) is 32.6 Å². The molecule has 0 saturated heterocycles. The smallest absolute Gasteiger partial charge is 0.321 e. The van der Waals surface area contributed by atoms with Crippen LogP contribution in [0.5, 0.6) is 0 Å². The molecule has 1 aromatic carbocycles. The van der Waals surface area contributed by atoms with E-state index in [0.717, 1.165) is 16.2 Å². The van der Waals surface area contributed by atoms with Crippen LogP contribution < -0.4 is 16.2 Å². The first kappa shape index (κ1) is 21.4. The molecule has 0 fully saturated rings. The molecule has 2 aromatic rings. The van der Waals surface area contributed by atoms with Crippen molar-refractivity contribution >= 4 is 50.5 Å². The van der Waals surface area contributed by atoms with Crippen molar-refractivity contribution in [2.45, 2.75) is 57.1 Å². The number of fused-ring (bicyclic) bond motifs is 1. The first-order chi connectivity index (χ1) is 12.5. The Labute approximate surface area is 170 Å². The van der Waals surface area contributed by atoms with Crippen molar-refractivity contribution < 1.29 is 9.59 Å². The summed E-state index contributed by atoms with van der Waals surface area (Å²) in [4.78, 5) is 41.5. The lowest BCUT2D eigenvalue weighted by Gasteiger charge is -2.21. The molecule has 1 atom stereocenters. The monoisotopic (exact) mass is 454 g/mol. The van der Waals surface area contributed by atoms with Crippen LogP contribution in [0.3, 0.4) is 0 Å². The molecular weight excluding hydrogens is 432 g/mol. The molecule has 0 saturated carbocycles. The number of nitrogens with one attached hydrogen (secondary N) is 2. The van der Waals surface area contributed by atoms with Gasteiger partial charge >= 0.3 is 6.03 Å². The van der Waals surface area contributed by atoms with Gasteiger partial charge < -0.3 is 5.32 Å². The summed E-state index contributed by atoms with van der Waals surface area (Å²) >= 11 is 4.51. The number of amides is 3. The second kappa shape index (κ2) is 8.43. The van der Waals surface area contributed by atoms with Gasteiger partial charge in [0.05, 0.1) is 16.2 Å². The topological polar surface area (TPSA) is 93.1 Å². The number of nitrogens with zero attached hydrogens (tertiary/aromatic N) is 2. The van der Waals surface area contributed by atoms with Gasteiger partial charge in [0, 0.05) is 16.6 Å². The van der Waals surface area contributed by atoms with Gasteiger partial charge in [0.15, 0.2) is 5.16 Å². The lowest BCUT2D eigenvalue weighted by molar-refractivity contribution is -0.119. The third-order valence-corrected chi connectivity index (χ3v) is 5.16. The van der Waals surface area contributed by atoms with E-state index in [2.05, 4.69) is 31.5 Å². The van der Waals surface area contributed by atoms with E-state index < -0.39 is 22.7 Å². The fourth-order valence-electron chi connectivity index (χ4n) is 2.34. The zero-order chi connectivity index (χ0) is 20.4. The van der Waals surface area contributed by atoms with Crippen molar-refractivity contribution in [3.63, 3.8) is 0 Å². The van der Waals surface area contributed by atoms with Gasteiger partial charge in [-0.15, -0.1) is 0 Å². The summed E-state index contributed by atoms with van der Waals surface area (Å²) < 4.78 is 2.33. The van der Waals surface area contributed by atoms with Crippen LogP contribution in [0.1, 0.15) is 34.6 Å². The molecule has 3 amide bonds. The van der Waals surface area contributed by atoms with Crippen LogP contribution in [-0.4, -0.2) is 32.3 Å². The van der Waals surface area contributed by atoms with Gasteiger partial charge in [0.25, 0.3) is 5.56 Å². The van der Waals surface area contributed by atoms with Crippen LogP contribution in [0, 0.1) is 0 Å². The SMILES string of the molecule is CCn1c(SC(C)C(=O)NC(=O)NC(C)(C)C)nc2ccc(Br)cc2c1=O. The van der Waals surface area contributed by atoms with Crippen molar-refractivity contribution in [3.8, 4) is 0 Å². The van der Waals surface area contributed by atoms with Crippen LogP contribution in [0.4, 0.5) is 4.79 Å². The molecule has 0 aliphatic heterocycles. The molecule has 0 spiro atoms. The number of halogens is 1. The van der Waals surface area contributed by atoms with Gasteiger partial charge in [0.1, 0.15) is 0 Å². The van der Waals surface area contributed by atoms with Crippen molar-refractivity contribution in [2.24, 2.45) is 0 Å². The number of carbonyl (C=O) groups excluding carboxylic acids is 2. The molecule has 0 radical (unpaired) electrons. The molecule has 9 heteroatoms. The average molecular weight is 455 g/mol. The summed E-state index contributed by atoms with van der Waals surface area (Å²) in [5.41, 5.74) is -0.0460. The zero-order valence-electron chi connectivity index (χ0n) is 15.9. The Hall–Kier alpha value is -1.87. The molecule has 1 aromatic heterocycles. The number of imide groups is 1. The molecule has 2 rings (SSSR count). The summed E-state index contributed by atoms with van der Waals surface area (Å²) in [7, 11) is 0. The lowest BCUT2D eigenvalue weighted by Crippen LogP contribution is -2.49. The van der Waals surface area contributed by atoms with E-state index in [1.807, 2.05) is 33.8 Å². The van der Waals surface area contributed by atoms with Crippen molar-refractivity contribution in [2.75, 3.05) is 0 Å². The van der Waals surface area contributed by atoms with Crippen molar-refractivity contribution in [1.82, 2.24) is 20.2 Å². The summed E-state index contributed by atoms with van der Waals surface area (Å²) in [5.74, 6) is -0.449. The number of aromatic nitrogens is 2. The number of benzene rings is 1. The minimum Gasteiger partial charge on any atom is -0.333 e. The molecule has 0 aliphatic rings. The highest BCUT2D eigenvalue weighted by Gasteiger charge is 2.22. The number of hydrogen-bond donors (Lipinski definition) is 2. The Bertz CT molecular complexity index is 937. The number of hydrogen-bond acceptors (Lipinski definition) is 5. The van der Waals surface area contributed by atoms with Gasteiger partial charge in [-0.25, -0.2) is 9.78 Å². The minimum absolute atomic E-state index is 0.163. The maximum Gasteiger partial charge on any atom is 0.321 e. The van der Waals surface area contributed by atoms with Crippen LogP contribution >= 0.6 is 27.7 Å². The molecule has 27 heavy (non-hydrogen) atoms. The predicted octanol–water partition coefficient (Wildman–Crippen LogP) is 3.28. The number of thioether (sulfide) groups is 1. The van der Waals surface area contributed by atoms with Crippen LogP contribution in [0.2, 0.25) is 0 Å². The first-order valence-electron chi connectivity index (χ1n) is 8.51. The van der Waals surface area contributed by atoms with E-state index in [0.29, 0.717) is 22.6 Å². The summed E-state index contributed by atoms with van der Waals surface area (Å²) in [5, 5.41) is 5.35. The van der Waals surface area contributed by atoms with Crippen molar-refractivity contribution in [3.05, 3.63) is 33.0 Å². The predicted molar refractivity (Wildman–Crippen MR) is 111 cm³/mol. The quantitative estimate of drug-likeness (QED) is 0.545. The lowest BCUT2D eigenvalue weighted by atomic mass is 10.1. The molecule has 1 heterocycles. The number of rotatable bonds is 4. The molecule has 0 bridgehead atoms. The third-order valence-electron chi connectivity index (χ3n) is 3.57. The Morgan fingerprint density at radius 3 is 2.59 bits per heavy atom. The third kappa shape index (κ3) is 5.55. The second-order valence-corrected chi connectivity index (χ2v) is 9.28. The summed E-state index contributed by atoms with van der Waals surface area (Å²) in [6, 6.07) is 4.75. The Balaban J connectivity index is 2.24. The van der Waals surface area contributed by atoms with E-state index in [1.54, 1.807) is 19.1 Å². The Morgan fingerprint density at radius 1 is 1.33 bits per heavy atom. The molecular formula is C18H23BrN4O3S. The second-order valence-electron chi connectivity index (χ2n) is 7.06. The summed E-state index contributed by atoms with van der Waals surface area (Å²) in [6.07, 6.45) is 0. The van der Waals surface area contributed by atoms with E-state index in [4.69, 9.17) is 0 Å². The Morgan fingerprint density at radius 2 is 2.00 bits per heavy atom. The van der Waals surface area contributed by atoms with Gasteiger partial charge in [-0.05, 0) is 52.8 Å². The van der Waals surface area contributed by atoms with Gasteiger partial charge in [-0.3, -0.25) is 19.5 Å². The van der Waals surface area contributed by atoms with E-state index >= 15 is 0 Å². The fourth-order valence-corrected chi connectivity index (χ4v) is 3.67. The molecule has 146 valence electrons. The maximum atomic E-state index is 12.7. The molecule has 2 N–H and O–H groups in total. The van der Waals surface area contributed by atoms with Crippen molar-refractivity contribution in [1.29, 1.82) is 0 Å². The van der Waals surface area contributed by atoms with Gasteiger partial charge in [-0.1, -0.05) is 27.7 Å². The first-order valence-corrected chi connectivity index (χ1v) is 10.2. The summed E-state index contributed by atoms with van der Waals surface area (Å²) in [6.45, 7) is 9.42. The van der Waals surface area contributed by atoms with E-state index in [9.17, 15) is 14.4 Å².